The second-order valence-electron chi connectivity index (χ2n) is 18.1. The molecule has 61 heavy (non-hydrogen) atoms. The third-order valence-corrected chi connectivity index (χ3v) is 13.5. The number of ether oxygens (including phenoxy) is 1. The molecule has 2 aliphatic carbocycles. The highest BCUT2D eigenvalue weighted by atomic mass is 16.5. The van der Waals surface area contributed by atoms with Gasteiger partial charge in [0.25, 0.3) is 0 Å². The summed E-state index contributed by atoms with van der Waals surface area (Å²) < 4.78 is 4.82. The summed E-state index contributed by atoms with van der Waals surface area (Å²) in [6.45, 7) is 7.56. The summed E-state index contributed by atoms with van der Waals surface area (Å²) in [6, 6.07) is 23.7. The molecular formula is C47H50N8O6. The highest BCUT2D eigenvalue weighted by molar-refractivity contribution is 5.94. The molecule has 8 atom stereocenters. The summed E-state index contributed by atoms with van der Waals surface area (Å²) >= 11 is 0. The third kappa shape index (κ3) is 6.91. The molecule has 4 heterocycles. The van der Waals surface area contributed by atoms with Crippen molar-refractivity contribution in [1.29, 1.82) is 0 Å². The van der Waals surface area contributed by atoms with Crippen molar-refractivity contribution in [2.45, 2.75) is 89.6 Å². The van der Waals surface area contributed by atoms with E-state index in [4.69, 9.17) is 14.7 Å². The molecule has 4 aliphatic rings. The number of alkyl carbamates (subject to hydrolysis) is 1. The second-order valence-corrected chi connectivity index (χ2v) is 18.1. The van der Waals surface area contributed by atoms with E-state index in [-0.39, 0.29) is 47.8 Å². The Morgan fingerprint density at radius 3 is 1.49 bits per heavy atom. The van der Waals surface area contributed by atoms with E-state index in [0.29, 0.717) is 11.8 Å². The van der Waals surface area contributed by atoms with Gasteiger partial charge in [-0.3, -0.25) is 9.59 Å². The predicted octanol–water partition coefficient (Wildman–Crippen LogP) is 7.92. The molecule has 14 heteroatoms. The van der Waals surface area contributed by atoms with E-state index >= 15 is 0 Å². The Bertz CT molecular complexity index is 2760. The molecule has 2 saturated heterocycles. The van der Waals surface area contributed by atoms with E-state index in [0.717, 1.165) is 92.4 Å². The molecule has 0 unspecified atom stereocenters. The largest absolute Gasteiger partial charge is 0.465 e. The van der Waals surface area contributed by atoms with Crippen LogP contribution in [0.2, 0.25) is 0 Å². The van der Waals surface area contributed by atoms with Crippen molar-refractivity contribution in [2.24, 2.45) is 23.7 Å². The van der Waals surface area contributed by atoms with Crippen LogP contribution < -0.4 is 10.6 Å². The van der Waals surface area contributed by atoms with Crippen molar-refractivity contribution < 1.29 is 29.0 Å². The minimum Gasteiger partial charge on any atom is -0.465 e. The van der Waals surface area contributed by atoms with Gasteiger partial charge in [-0.1, -0.05) is 64.1 Å². The van der Waals surface area contributed by atoms with Crippen LogP contribution >= 0.6 is 0 Å². The SMILES string of the molecule is COC(=O)N[C@H](C(=O)N1[C@@H]2C[C@H]2C[C@H]1c1nc2cc(-c3ccc4cc(-c5ccc6[nH]c([C@@H]7C[C@H]8C[C@H]8N7C(=O)[C@@H](NC(=O)O)C(C)C)nc6c5)ccc4c3)ccc2[nH]1)C(C)C. The van der Waals surface area contributed by atoms with Gasteiger partial charge in [0.15, 0.2) is 0 Å². The Kier molecular flexibility index (Phi) is 9.29. The van der Waals surface area contributed by atoms with Crippen molar-refractivity contribution in [3.05, 3.63) is 84.4 Å². The van der Waals surface area contributed by atoms with Gasteiger partial charge in [-0.2, -0.15) is 0 Å². The maximum Gasteiger partial charge on any atom is 0.407 e. The molecular weight excluding hydrogens is 773 g/mol. The molecule has 0 spiro atoms. The lowest BCUT2D eigenvalue weighted by Gasteiger charge is -2.31. The van der Waals surface area contributed by atoms with Crippen LogP contribution in [-0.2, 0) is 14.3 Å². The van der Waals surface area contributed by atoms with Crippen molar-refractivity contribution in [2.75, 3.05) is 7.11 Å². The first-order valence-corrected chi connectivity index (χ1v) is 21.4. The topological polar surface area (TPSA) is 186 Å². The molecule has 0 radical (unpaired) electrons. The van der Waals surface area contributed by atoms with Gasteiger partial charge in [0.2, 0.25) is 11.8 Å². The number of aromatic amines is 2. The third-order valence-electron chi connectivity index (χ3n) is 13.5. The van der Waals surface area contributed by atoms with E-state index in [1.54, 1.807) is 0 Å². The molecule has 10 rings (SSSR count). The molecule has 2 saturated carbocycles. The van der Waals surface area contributed by atoms with Gasteiger partial charge < -0.3 is 40.2 Å². The number of aromatic nitrogens is 4. The zero-order chi connectivity index (χ0) is 42.4. The first kappa shape index (κ1) is 38.7. The summed E-state index contributed by atoms with van der Waals surface area (Å²) in [4.78, 5) is 72.1. The number of piperidine rings is 2. The normalized spacial score (nSPS) is 23.7. The van der Waals surface area contributed by atoms with E-state index < -0.39 is 24.3 Å². The van der Waals surface area contributed by atoms with Crippen molar-refractivity contribution in [3.8, 4) is 22.3 Å². The summed E-state index contributed by atoms with van der Waals surface area (Å²) in [5.74, 6) is 1.78. The molecule has 4 aromatic carbocycles. The quantitative estimate of drug-likeness (QED) is 0.0922. The number of hydrogen-bond donors (Lipinski definition) is 5. The molecule has 4 fully saturated rings. The number of nitrogens with zero attached hydrogens (tertiary/aromatic N) is 4. The van der Waals surface area contributed by atoms with E-state index in [9.17, 15) is 24.3 Å². The first-order valence-electron chi connectivity index (χ1n) is 21.4. The summed E-state index contributed by atoms with van der Waals surface area (Å²) in [5.41, 5.74) is 7.65. The van der Waals surface area contributed by atoms with Crippen LogP contribution in [-0.4, -0.2) is 90.1 Å². The summed E-state index contributed by atoms with van der Waals surface area (Å²) in [6.07, 6.45) is 1.75. The number of methoxy groups -OCH3 is 1. The van der Waals surface area contributed by atoms with Gasteiger partial charge in [0, 0.05) is 12.1 Å². The lowest BCUT2D eigenvalue weighted by atomic mass is 9.97. The first-order chi connectivity index (χ1) is 29.3. The number of amides is 4. The number of rotatable bonds is 10. The average Bonchev–Trinajstić information content (AvgIpc) is 3.91. The Hall–Kier alpha value is -6.44. The van der Waals surface area contributed by atoms with Gasteiger partial charge >= 0.3 is 12.2 Å². The highest BCUT2D eigenvalue weighted by Crippen LogP contribution is 2.54. The number of carbonyl (C=O) groups is 4. The Balaban J connectivity index is 0.872. The van der Waals surface area contributed by atoms with Crippen molar-refractivity contribution in [3.63, 3.8) is 0 Å². The Morgan fingerprint density at radius 1 is 0.639 bits per heavy atom. The zero-order valence-electron chi connectivity index (χ0n) is 34.8. The number of imidazole rings is 2. The second kappa shape index (κ2) is 14.6. The maximum absolute atomic E-state index is 13.9. The molecule has 5 N–H and O–H groups in total. The molecule has 6 aromatic rings. The molecule has 2 aromatic heterocycles. The standard InChI is InChI=1S/C47H50N8O6/c1-22(2)40(52-46(58)59)44(56)54-36-18-30(36)20-38(54)42-48-32-12-10-28(16-34(32)50-42)26-8-6-25-15-27(9-7-24(25)14-26)29-11-13-33-35(17-29)51-43(49-33)39-21-31-19-37(31)55(39)45(57)41(23(3)4)53-47(60)61-5/h6-17,22-23,30-31,36-41,52H,18-21H2,1-5H3,(H,48,50)(H,49,51)(H,53,60)(H,58,59)/t30-,31+,36-,37-,38+,39+,40+,41+/m1/s1. The maximum atomic E-state index is 13.9. The number of fused-ring (bicyclic) bond motifs is 5. The van der Waals surface area contributed by atoms with Crippen LogP contribution in [0.5, 0.6) is 0 Å². The van der Waals surface area contributed by atoms with Crippen molar-refractivity contribution >= 4 is 56.8 Å². The fourth-order valence-corrected chi connectivity index (χ4v) is 10.0. The highest BCUT2D eigenvalue weighted by Gasteiger charge is 2.57. The molecule has 4 amide bonds. The van der Waals surface area contributed by atoms with Gasteiger partial charge in [-0.25, -0.2) is 19.6 Å². The number of H-pyrrole nitrogens is 2. The molecule has 0 bridgehead atoms. The van der Waals surface area contributed by atoms with Gasteiger partial charge in [0.1, 0.15) is 23.7 Å². The van der Waals surface area contributed by atoms with Crippen LogP contribution in [0.3, 0.4) is 0 Å². The van der Waals surface area contributed by atoms with E-state index in [1.165, 1.54) is 7.11 Å². The number of benzene rings is 4. The van der Waals surface area contributed by atoms with Gasteiger partial charge in [-0.05, 0) is 119 Å². The van der Waals surface area contributed by atoms with Crippen LogP contribution in [0.4, 0.5) is 9.59 Å². The van der Waals surface area contributed by atoms with E-state index in [1.807, 2.05) is 49.6 Å². The predicted molar refractivity (Wildman–Crippen MR) is 230 cm³/mol. The smallest absolute Gasteiger partial charge is 0.407 e. The van der Waals surface area contributed by atoms with Crippen LogP contribution in [0.25, 0.3) is 55.1 Å². The monoisotopic (exact) mass is 822 g/mol. The molecule has 14 nitrogen and oxygen atoms in total. The number of hydrogen-bond acceptors (Lipinski definition) is 7. The lowest BCUT2D eigenvalue weighted by Crippen LogP contribution is -2.52. The number of nitrogens with one attached hydrogen (secondary N) is 4. The average molecular weight is 823 g/mol. The molecule has 314 valence electrons. The fraction of sp³-hybridized carbons (Fsp3) is 0.404. The Morgan fingerprint density at radius 2 is 1.07 bits per heavy atom. The summed E-state index contributed by atoms with van der Waals surface area (Å²) in [7, 11) is 1.30. The minimum absolute atomic E-state index is 0.0990. The Labute approximate surface area is 352 Å². The number of likely N-dealkylation sites (tertiary alicyclic amines) is 2. The summed E-state index contributed by atoms with van der Waals surface area (Å²) in [5, 5.41) is 16.8. The molecule has 2 aliphatic heterocycles. The number of carboxylic acid groups (broad SMARTS) is 1. The van der Waals surface area contributed by atoms with Crippen LogP contribution in [0, 0.1) is 23.7 Å². The fourth-order valence-electron chi connectivity index (χ4n) is 10.0. The van der Waals surface area contributed by atoms with E-state index in [2.05, 4.69) is 81.3 Å². The lowest BCUT2D eigenvalue weighted by molar-refractivity contribution is -0.137. The van der Waals surface area contributed by atoms with Crippen LogP contribution in [0.1, 0.15) is 77.1 Å². The van der Waals surface area contributed by atoms with Gasteiger partial charge in [-0.15, -0.1) is 0 Å². The van der Waals surface area contributed by atoms with Crippen LogP contribution in [0.15, 0.2) is 72.8 Å². The minimum atomic E-state index is -1.20. The van der Waals surface area contributed by atoms with Gasteiger partial charge in [0.05, 0.1) is 41.3 Å². The van der Waals surface area contributed by atoms with Crippen molar-refractivity contribution in [1.82, 2.24) is 40.4 Å². The zero-order valence-corrected chi connectivity index (χ0v) is 34.8. The number of carbonyl (C=O) groups excluding carboxylic acids is 3.